The van der Waals surface area contributed by atoms with E-state index in [4.69, 9.17) is 0 Å². The molecule has 0 radical (unpaired) electrons. The van der Waals surface area contributed by atoms with E-state index in [1.54, 1.807) is 0 Å². The van der Waals surface area contributed by atoms with Gasteiger partial charge in [-0.3, -0.25) is 0 Å². The molecule has 5 heteroatoms. The Morgan fingerprint density at radius 1 is 0.227 bits per heavy atom. The van der Waals surface area contributed by atoms with E-state index in [0.717, 1.165) is 17.1 Å². The monoisotopic (exact) mass is 1540 g/mol. The van der Waals surface area contributed by atoms with Crippen molar-refractivity contribution in [3.63, 3.8) is 0 Å². The van der Waals surface area contributed by atoms with Crippen LogP contribution in [0.1, 0.15) is 68.1 Å². The molecule has 0 atom stereocenters. The zero-order valence-electron chi connectivity index (χ0n) is 66.2. The van der Waals surface area contributed by atoms with Crippen molar-refractivity contribution in [1.29, 1.82) is 0 Å². The molecule has 0 bridgehead atoms. The lowest BCUT2D eigenvalue weighted by Gasteiger charge is -2.54. The van der Waals surface area contributed by atoms with Crippen LogP contribution in [0.2, 0.25) is 0 Å². The van der Waals surface area contributed by atoms with Gasteiger partial charge in [-0.15, -0.1) is 11.3 Å². The van der Waals surface area contributed by atoms with Gasteiger partial charge in [-0.05, 0) is 237 Å². The van der Waals surface area contributed by atoms with Crippen LogP contribution in [0.3, 0.4) is 0 Å². The van der Waals surface area contributed by atoms with Crippen LogP contribution in [0.4, 0.5) is 34.1 Å². The molecule has 3 aromatic heterocycles. The third-order valence-electron chi connectivity index (χ3n) is 26.2. The van der Waals surface area contributed by atoms with Crippen molar-refractivity contribution in [3.8, 4) is 44.8 Å². The Kier molecular flexibility index (Phi) is 16.2. The SMILES string of the molecule is CC1(C2(c3ccccc3)c3ccccc3N(c3ccc4c(c3)c3ccccc3n4-c3ccc(-c4ccccc4)cc3)c3ccccc32)c2ccccc2-c2ccccc21.Cc1ccc2c(c1)N(c1ccc(-c3ccc4c(c3)c3ccccc3n4-c3ccccc3)cc1)c1cc(C)ccc1C2(c1ccccc1)c1ccc2sc3ccccc3c2c1. The van der Waals surface area contributed by atoms with E-state index < -0.39 is 16.2 Å². The quantitative estimate of drug-likeness (QED) is 0.136. The van der Waals surface area contributed by atoms with Gasteiger partial charge in [-0.2, -0.15) is 0 Å². The zero-order valence-corrected chi connectivity index (χ0v) is 67.0. The largest absolute Gasteiger partial charge is 0.310 e. The summed E-state index contributed by atoms with van der Waals surface area (Å²) in [5.41, 5.74) is 34.2. The van der Waals surface area contributed by atoms with E-state index in [1.807, 2.05) is 11.3 Å². The van der Waals surface area contributed by atoms with Crippen LogP contribution >= 0.6 is 11.3 Å². The number of hydrogen-bond acceptors (Lipinski definition) is 3. The summed E-state index contributed by atoms with van der Waals surface area (Å²) in [5, 5.41) is 7.61. The average Bonchev–Trinajstić information content (AvgIpc) is 1.59. The highest BCUT2D eigenvalue weighted by atomic mass is 32.1. The van der Waals surface area contributed by atoms with Crippen LogP contribution in [0.25, 0.3) is 109 Å². The second-order valence-electron chi connectivity index (χ2n) is 32.4. The molecule has 0 amide bonds. The topological polar surface area (TPSA) is 16.3 Å². The van der Waals surface area contributed by atoms with E-state index in [0.29, 0.717) is 0 Å². The van der Waals surface area contributed by atoms with Gasteiger partial charge in [0, 0.05) is 69.9 Å². The standard InChI is InChI=1S/C57H40N2S.C57H40N2/c1-37-21-29-49-53(33-37)59(44-27-23-39(24-28-44)40-25-31-52-47(35-40)45-17-9-11-19-51(45)58(52)43-15-7-4-8-16-43)54-34-38(2)22-30-50(54)57(49,41-13-5-3-6-14-41)42-26-32-56-48(36-42)46-18-10-12-20-55(46)60-56;1-56(48-25-11-8-22-44(48)45-23-9-12-26-49(45)56)57(41-20-6-3-7-21-41)50-27-13-16-30-54(50)59(55-31-17-14-28-51(55)57)43-36-37-53-47(38-43)46-24-10-15-29-52(46)58(53)42-34-32-40(33-35-42)39-18-4-2-5-19-39/h3-36H,1-2H3;2-38H,1H3. The van der Waals surface area contributed by atoms with Gasteiger partial charge < -0.3 is 18.9 Å². The first kappa shape index (κ1) is 69.8. The number of anilines is 6. The third-order valence-corrected chi connectivity index (χ3v) is 27.3. The van der Waals surface area contributed by atoms with E-state index in [1.165, 1.54) is 187 Å². The number of para-hydroxylation sites is 5. The van der Waals surface area contributed by atoms with E-state index >= 15 is 0 Å². The predicted octanol–water partition coefficient (Wildman–Crippen LogP) is 30.2. The molecule has 0 saturated carbocycles. The Morgan fingerprint density at radius 3 is 1.24 bits per heavy atom. The molecule has 21 aromatic rings. The van der Waals surface area contributed by atoms with Crippen LogP contribution in [0, 0.1) is 13.8 Å². The van der Waals surface area contributed by atoms with Crippen molar-refractivity contribution in [2.75, 3.05) is 9.80 Å². The smallest absolute Gasteiger partial charge is 0.0742 e. The summed E-state index contributed by atoms with van der Waals surface area (Å²) < 4.78 is 7.43. The third kappa shape index (κ3) is 10.5. The van der Waals surface area contributed by atoms with Gasteiger partial charge in [-0.25, -0.2) is 0 Å². The highest BCUT2D eigenvalue weighted by Gasteiger charge is 2.61. The highest BCUT2D eigenvalue weighted by molar-refractivity contribution is 7.25. The van der Waals surface area contributed by atoms with Crippen LogP contribution in [0.15, 0.2) is 431 Å². The Labute approximate surface area is 696 Å². The van der Waals surface area contributed by atoms with E-state index in [-0.39, 0.29) is 0 Å². The number of benzene rings is 18. The molecule has 119 heavy (non-hydrogen) atoms. The average molecular weight is 1540 g/mol. The zero-order chi connectivity index (χ0) is 79.1. The minimum Gasteiger partial charge on any atom is -0.310 e. The molecule has 18 aromatic carbocycles. The molecule has 4 nitrogen and oxygen atoms in total. The minimum atomic E-state index is -0.577. The van der Waals surface area contributed by atoms with Gasteiger partial charge in [0.25, 0.3) is 0 Å². The molecule has 24 rings (SSSR count). The molecule has 5 heterocycles. The number of hydrogen-bond donors (Lipinski definition) is 0. The van der Waals surface area contributed by atoms with Gasteiger partial charge >= 0.3 is 0 Å². The first-order valence-corrected chi connectivity index (χ1v) is 42.2. The number of fused-ring (bicyclic) bond motifs is 16. The molecule has 562 valence electrons. The van der Waals surface area contributed by atoms with Crippen molar-refractivity contribution in [2.45, 2.75) is 37.0 Å². The Morgan fingerprint density at radius 2 is 0.639 bits per heavy atom. The maximum absolute atomic E-state index is 2.52. The first-order chi connectivity index (χ1) is 58.7. The second kappa shape index (κ2) is 27.5. The van der Waals surface area contributed by atoms with Crippen molar-refractivity contribution >= 4 is 109 Å². The van der Waals surface area contributed by atoms with Gasteiger partial charge in [-0.1, -0.05) is 309 Å². The normalized spacial score (nSPS) is 13.8. The number of thiophene rings is 1. The van der Waals surface area contributed by atoms with Gasteiger partial charge in [0.1, 0.15) is 0 Å². The highest BCUT2D eigenvalue weighted by Crippen LogP contribution is 2.68. The van der Waals surface area contributed by atoms with Gasteiger partial charge in [0.2, 0.25) is 0 Å². The summed E-state index contributed by atoms with van der Waals surface area (Å²) in [7, 11) is 0. The maximum atomic E-state index is 2.52. The van der Waals surface area contributed by atoms with Crippen LogP contribution in [-0.4, -0.2) is 9.13 Å². The van der Waals surface area contributed by atoms with E-state index in [2.05, 4.69) is 470 Å². The fraction of sp³-hybridized carbons (Fsp3) is 0.0526. The lowest BCUT2D eigenvalue weighted by molar-refractivity contribution is 0.395. The molecule has 0 spiro atoms. The summed E-state index contributed by atoms with van der Waals surface area (Å²) in [4.78, 5) is 5.02. The molecule has 0 fully saturated rings. The Balaban J connectivity index is 0.000000139. The second-order valence-corrected chi connectivity index (χ2v) is 33.5. The molecule has 2 aliphatic heterocycles. The molecular formula is C114H80N4S. The molecule has 0 saturated heterocycles. The summed E-state index contributed by atoms with van der Waals surface area (Å²) in [6.45, 7) is 6.93. The molecular weight excluding hydrogens is 1460 g/mol. The molecule has 3 aliphatic rings. The van der Waals surface area contributed by atoms with Crippen LogP contribution < -0.4 is 9.80 Å². The first-order valence-electron chi connectivity index (χ1n) is 41.4. The van der Waals surface area contributed by atoms with Crippen molar-refractivity contribution in [2.24, 2.45) is 0 Å². The predicted molar refractivity (Wildman–Crippen MR) is 501 cm³/mol. The van der Waals surface area contributed by atoms with Gasteiger partial charge in [0.05, 0.1) is 55.6 Å². The number of nitrogens with zero attached hydrogens (tertiary/aromatic N) is 4. The number of aromatic nitrogens is 2. The molecule has 0 N–H and O–H groups in total. The van der Waals surface area contributed by atoms with Crippen LogP contribution in [0.5, 0.6) is 0 Å². The lowest BCUT2D eigenvalue weighted by atomic mass is 9.50. The van der Waals surface area contributed by atoms with Gasteiger partial charge in [0.15, 0.2) is 0 Å². The summed E-state index contributed by atoms with van der Waals surface area (Å²) in [5.74, 6) is 0. The fourth-order valence-electron chi connectivity index (χ4n) is 21.1. The summed E-state index contributed by atoms with van der Waals surface area (Å²) >= 11 is 1.88. The number of rotatable bonds is 10. The van der Waals surface area contributed by atoms with Crippen molar-refractivity contribution in [1.82, 2.24) is 9.13 Å². The summed E-state index contributed by atoms with van der Waals surface area (Å²) in [6.07, 6.45) is 0. The Bertz CT molecular complexity index is 7440. The molecule has 1 aliphatic carbocycles. The van der Waals surface area contributed by atoms with Crippen LogP contribution in [-0.2, 0) is 16.2 Å². The molecule has 0 unspecified atom stereocenters. The fourth-order valence-corrected chi connectivity index (χ4v) is 22.2. The Hall–Kier alpha value is -14.6. The van der Waals surface area contributed by atoms with Crippen molar-refractivity contribution < 1.29 is 0 Å². The van der Waals surface area contributed by atoms with E-state index in [9.17, 15) is 0 Å². The van der Waals surface area contributed by atoms with Crippen molar-refractivity contribution in [3.05, 3.63) is 492 Å². The lowest BCUT2D eigenvalue weighted by Crippen LogP contribution is -2.51. The minimum absolute atomic E-state index is 0.451. The summed E-state index contributed by atoms with van der Waals surface area (Å²) in [6, 6.07) is 160. The maximum Gasteiger partial charge on any atom is 0.0742 e. The number of aryl methyl sites for hydroxylation is 2.